The van der Waals surface area contributed by atoms with Crippen LogP contribution in [0.15, 0.2) is 76.6 Å². The summed E-state index contributed by atoms with van der Waals surface area (Å²) in [5.41, 5.74) is 8.47. The van der Waals surface area contributed by atoms with Crippen molar-refractivity contribution in [2.45, 2.75) is 59.2 Å². The first-order valence-electron chi connectivity index (χ1n) is 12.6. The topological polar surface area (TPSA) is 54.9 Å². The Kier molecular flexibility index (Phi) is 11.9. The second-order valence-corrected chi connectivity index (χ2v) is 9.31. The quantitative estimate of drug-likeness (QED) is 0.152. The van der Waals surface area contributed by atoms with Crippen molar-refractivity contribution in [3.8, 4) is 0 Å². The molecular formula is C28H46N6. The summed E-state index contributed by atoms with van der Waals surface area (Å²) in [4.78, 5) is 7.17. The Morgan fingerprint density at radius 2 is 2.15 bits per heavy atom. The van der Waals surface area contributed by atoms with Crippen LogP contribution in [0.4, 0.5) is 0 Å². The van der Waals surface area contributed by atoms with Gasteiger partial charge in [-0.05, 0) is 70.7 Å². The first-order chi connectivity index (χ1) is 16.4. The molecular weight excluding hydrogens is 420 g/mol. The van der Waals surface area contributed by atoms with Crippen LogP contribution in [0.25, 0.3) is 0 Å². The summed E-state index contributed by atoms with van der Waals surface area (Å²) in [6.07, 6.45) is 20.0. The van der Waals surface area contributed by atoms with Gasteiger partial charge in [-0.25, -0.2) is 5.01 Å². The Hall–Kier alpha value is -2.57. The van der Waals surface area contributed by atoms with E-state index >= 15 is 0 Å². The average molecular weight is 467 g/mol. The van der Waals surface area contributed by atoms with Crippen molar-refractivity contribution in [3.63, 3.8) is 0 Å². The molecule has 34 heavy (non-hydrogen) atoms. The van der Waals surface area contributed by atoms with Crippen LogP contribution in [-0.4, -0.2) is 62.2 Å². The van der Waals surface area contributed by atoms with Crippen LogP contribution in [0.3, 0.4) is 0 Å². The molecule has 0 aromatic carbocycles. The molecule has 0 saturated heterocycles. The normalized spacial score (nSPS) is 19.9. The van der Waals surface area contributed by atoms with Crippen LogP contribution in [0.1, 0.15) is 47.0 Å². The SMILES string of the molecule is C=CCC(CCC(NCC)=C(C)C)C(NC=NC1C=CC=C(C2=CNN(C)C2)C=C1)N(C)CC. The molecule has 1 aliphatic carbocycles. The van der Waals surface area contributed by atoms with Crippen molar-refractivity contribution in [2.24, 2.45) is 10.9 Å². The first kappa shape index (κ1) is 27.7. The third-order valence-corrected chi connectivity index (χ3v) is 6.43. The second kappa shape index (κ2) is 14.6. The molecule has 0 fully saturated rings. The summed E-state index contributed by atoms with van der Waals surface area (Å²) in [6, 6.07) is 0.0189. The monoisotopic (exact) mass is 466 g/mol. The zero-order valence-corrected chi connectivity index (χ0v) is 22.1. The Labute approximate surface area is 207 Å². The third kappa shape index (κ3) is 8.65. The van der Waals surface area contributed by atoms with Crippen LogP contribution in [0.2, 0.25) is 0 Å². The van der Waals surface area contributed by atoms with Crippen molar-refractivity contribution < 1.29 is 0 Å². The lowest BCUT2D eigenvalue weighted by Crippen LogP contribution is -2.48. The standard InChI is InChI=1S/C28H46N6/c1-8-12-24(16-18-27(22(4)5)29-9-2)28(33(6)10-3)31-21-30-26-14-11-13-23(15-17-26)25-19-32-34(7)20-25/h8,11,13-15,17,19,21,24,26,28-29,32H,1,9-10,12,16,18,20H2,2-7H3,(H,30,31). The largest absolute Gasteiger partial charge is 0.389 e. The lowest BCUT2D eigenvalue weighted by atomic mass is 9.93. The highest BCUT2D eigenvalue weighted by Gasteiger charge is 2.23. The van der Waals surface area contributed by atoms with Crippen molar-refractivity contribution in [1.82, 2.24) is 26.0 Å². The third-order valence-electron chi connectivity index (χ3n) is 6.43. The molecule has 0 aromatic rings. The molecule has 2 aliphatic rings. The number of hydrogen-bond donors (Lipinski definition) is 3. The fourth-order valence-corrected chi connectivity index (χ4v) is 4.32. The van der Waals surface area contributed by atoms with Gasteiger partial charge in [0.2, 0.25) is 0 Å². The van der Waals surface area contributed by atoms with Crippen LogP contribution in [0.5, 0.6) is 0 Å². The molecule has 0 amide bonds. The number of hydrogen-bond acceptors (Lipinski definition) is 5. The predicted molar refractivity (Wildman–Crippen MR) is 147 cm³/mol. The predicted octanol–water partition coefficient (Wildman–Crippen LogP) is 4.51. The van der Waals surface area contributed by atoms with Crippen LogP contribution >= 0.6 is 0 Å². The van der Waals surface area contributed by atoms with E-state index in [1.165, 1.54) is 22.4 Å². The van der Waals surface area contributed by atoms with Gasteiger partial charge in [0.05, 0.1) is 18.5 Å². The average Bonchev–Trinajstić information content (AvgIpc) is 3.11. The number of allylic oxidation sites excluding steroid dienone is 6. The molecule has 3 atom stereocenters. The molecule has 0 spiro atoms. The van der Waals surface area contributed by atoms with Gasteiger partial charge in [-0.15, -0.1) is 6.58 Å². The molecule has 0 radical (unpaired) electrons. The van der Waals surface area contributed by atoms with Gasteiger partial charge in [-0.1, -0.05) is 49.0 Å². The van der Waals surface area contributed by atoms with Crippen LogP contribution in [0, 0.1) is 5.92 Å². The highest BCUT2D eigenvalue weighted by Crippen LogP contribution is 2.22. The molecule has 3 N–H and O–H groups in total. The Bertz CT molecular complexity index is 828. The summed E-state index contributed by atoms with van der Waals surface area (Å²) in [5, 5.41) is 9.23. The number of likely N-dealkylation sites (N-methyl/N-ethyl adjacent to an activating group) is 1. The van der Waals surface area contributed by atoms with E-state index in [2.05, 4.69) is 104 Å². The molecule has 6 heteroatoms. The Morgan fingerprint density at radius 3 is 2.76 bits per heavy atom. The van der Waals surface area contributed by atoms with E-state index in [1.807, 2.05) is 19.5 Å². The van der Waals surface area contributed by atoms with Crippen LogP contribution < -0.4 is 16.1 Å². The highest BCUT2D eigenvalue weighted by molar-refractivity contribution is 5.56. The van der Waals surface area contributed by atoms with Crippen molar-refractivity contribution >= 4 is 6.34 Å². The lowest BCUT2D eigenvalue weighted by molar-refractivity contribution is 0.161. The minimum atomic E-state index is 0.0189. The summed E-state index contributed by atoms with van der Waals surface area (Å²) < 4.78 is 0. The second-order valence-electron chi connectivity index (χ2n) is 9.31. The zero-order chi connectivity index (χ0) is 24.9. The molecule has 0 bridgehead atoms. The molecule has 188 valence electrons. The maximum atomic E-state index is 4.81. The molecule has 1 heterocycles. The lowest BCUT2D eigenvalue weighted by Gasteiger charge is -2.34. The number of nitrogens with zero attached hydrogens (tertiary/aromatic N) is 3. The van der Waals surface area contributed by atoms with Gasteiger partial charge in [0.1, 0.15) is 0 Å². The Morgan fingerprint density at radius 1 is 1.35 bits per heavy atom. The van der Waals surface area contributed by atoms with Crippen molar-refractivity contribution in [3.05, 3.63) is 71.7 Å². The minimum absolute atomic E-state index is 0.0189. The molecule has 6 nitrogen and oxygen atoms in total. The van der Waals surface area contributed by atoms with Gasteiger partial charge in [0, 0.05) is 32.0 Å². The minimum Gasteiger partial charge on any atom is -0.389 e. The van der Waals surface area contributed by atoms with Crippen molar-refractivity contribution in [2.75, 3.05) is 33.7 Å². The molecule has 0 saturated carbocycles. The summed E-state index contributed by atoms with van der Waals surface area (Å²) in [7, 11) is 4.22. The fourth-order valence-electron chi connectivity index (χ4n) is 4.32. The van der Waals surface area contributed by atoms with Gasteiger partial charge >= 0.3 is 0 Å². The maximum absolute atomic E-state index is 4.81. The summed E-state index contributed by atoms with van der Waals surface area (Å²) in [5.74, 6) is 0.439. The molecule has 1 aliphatic heterocycles. The Balaban J connectivity index is 2.04. The van der Waals surface area contributed by atoms with Gasteiger partial charge in [0.25, 0.3) is 0 Å². The van der Waals surface area contributed by atoms with E-state index in [4.69, 9.17) is 4.99 Å². The molecule has 3 unspecified atom stereocenters. The first-order valence-corrected chi connectivity index (χ1v) is 12.6. The smallest absolute Gasteiger partial charge is 0.0884 e. The number of rotatable bonds is 14. The summed E-state index contributed by atoms with van der Waals surface area (Å²) >= 11 is 0. The van der Waals surface area contributed by atoms with E-state index in [0.717, 1.165) is 38.9 Å². The van der Waals surface area contributed by atoms with E-state index in [-0.39, 0.29) is 12.2 Å². The van der Waals surface area contributed by atoms with Gasteiger partial charge in [0.15, 0.2) is 0 Å². The molecule has 2 rings (SSSR count). The van der Waals surface area contributed by atoms with E-state index < -0.39 is 0 Å². The molecule has 0 aromatic heterocycles. The summed E-state index contributed by atoms with van der Waals surface area (Å²) in [6.45, 7) is 15.6. The van der Waals surface area contributed by atoms with Gasteiger partial charge in [-0.2, -0.15) is 0 Å². The number of hydrazine groups is 1. The van der Waals surface area contributed by atoms with Crippen LogP contribution in [-0.2, 0) is 0 Å². The van der Waals surface area contributed by atoms with E-state index in [0.29, 0.717) is 5.92 Å². The van der Waals surface area contributed by atoms with Gasteiger partial charge < -0.3 is 16.1 Å². The number of nitrogens with one attached hydrogen (secondary N) is 3. The van der Waals surface area contributed by atoms with Gasteiger partial charge in [-0.3, -0.25) is 9.89 Å². The number of aliphatic imine (C=N–C) groups is 1. The van der Waals surface area contributed by atoms with E-state index in [1.54, 1.807) is 0 Å². The van der Waals surface area contributed by atoms with E-state index in [9.17, 15) is 0 Å². The maximum Gasteiger partial charge on any atom is 0.0884 e. The highest BCUT2D eigenvalue weighted by atomic mass is 15.5. The zero-order valence-electron chi connectivity index (χ0n) is 22.1. The fraction of sp³-hybridized carbons (Fsp3) is 0.536. The van der Waals surface area contributed by atoms with Crippen molar-refractivity contribution in [1.29, 1.82) is 0 Å².